The Hall–Kier alpha value is -2.74. The van der Waals surface area contributed by atoms with Crippen LogP contribution in [0.15, 0.2) is 36.4 Å². The molecule has 0 bridgehead atoms. The Morgan fingerprint density at radius 2 is 1.78 bits per heavy atom. The van der Waals surface area contributed by atoms with Gasteiger partial charge in [0, 0.05) is 12.0 Å². The van der Waals surface area contributed by atoms with Crippen molar-refractivity contribution in [1.29, 1.82) is 5.41 Å². The largest absolute Gasteiger partial charge is 0.573 e. The number of alkyl halides is 3. The predicted octanol–water partition coefficient (Wildman–Crippen LogP) is 4.61. The molecular formula is C18H19ClF3N3O2. The second-order valence-electron chi connectivity index (χ2n) is 5.59. The maximum atomic E-state index is 13.0. The number of nitrogens with one attached hydrogen (secondary N) is 2. The lowest BCUT2D eigenvalue weighted by Gasteiger charge is -2.20. The molecule has 9 heteroatoms. The summed E-state index contributed by atoms with van der Waals surface area (Å²) in [7, 11) is 0. The molecule has 5 nitrogen and oxygen atoms in total. The fourth-order valence-electron chi connectivity index (χ4n) is 2.37. The van der Waals surface area contributed by atoms with Crippen LogP contribution in [0.4, 0.5) is 18.9 Å². The lowest BCUT2D eigenvalue weighted by molar-refractivity contribution is -0.274. The molecule has 4 N–H and O–H groups in total. The summed E-state index contributed by atoms with van der Waals surface area (Å²) in [6.07, 6.45) is -4.84. The number of ether oxygens (including phenoxy) is 1. The summed E-state index contributed by atoms with van der Waals surface area (Å²) in [5, 5.41) is 10.1. The molecule has 0 heterocycles. The van der Waals surface area contributed by atoms with Crippen LogP contribution in [0.1, 0.15) is 24.5 Å². The Labute approximate surface area is 160 Å². The number of anilines is 1. The number of nitrogens with two attached hydrogens (primary N) is 1. The van der Waals surface area contributed by atoms with E-state index in [1.807, 2.05) is 6.92 Å². The van der Waals surface area contributed by atoms with E-state index in [1.54, 1.807) is 31.2 Å². The molecule has 2 aromatic rings. The number of rotatable bonds is 5. The third-order valence-corrected chi connectivity index (χ3v) is 3.60. The van der Waals surface area contributed by atoms with Crippen molar-refractivity contribution in [2.24, 2.45) is 5.73 Å². The monoisotopic (exact) mass is 401 g/mol. The van der Waals surface area contributed by atoms with Gasteiger partial charge in [0.25, 0.3) is 0 Å². The highest BCUT2D eigenvalue weighted by Crippen LogP contribution is 2.42. The zero-order chi connectivity index (χ0) is 19.5. The number of amides is 1. The van der Waals surface area contributed by atoms with Crippen LogP contribution in [0.2, 0.25) is 0 Å². The minimum atomic E-state index is -4.99. The number of hydrogen-bond acceptors (Lipinski definition) is 3. The first-order valence-electron chi connectivity index (χ1n) is 7.76. The third kappa shape index (κ3) is 5.62. The van der Waals surface area contributed by atoms with Gasteiger partial charge < -0.3 is 15.8 Å². The van der Waals surface area contributed by atoms with Gasteiger partial charge in [-0.15, -0.1) is 25.6 Å². The fraction of sp³-hybridized carbons (Fsp3) is 0.222. The number of nitrogen functional groups attached to an aromatic ring is 1. The molecule has 0 unspecified atom stereocenters. The summed E-state index contributed by atoms with van der Waals surface area (Å²) in [5.74, 6) is -1.57. The van der Waals surface area contributed by atoms with Gasteiger partial charge >= 0.3 is 6.36 Å². The highest BCUT2D eigenvalue weighted by atomic mass is 35.5. The van der Waals surface area contributed by atoms with E-state index in [9.17, 15) is 18.0 Å². The van der Waals surface area contributed by atoms with E-state index in [4.69, 9.17) is 11.1 Å². The highest BCUT2D eigenvalue weighted by Gasteiger charge is 2.34. The number of halogens is 4. The van der Waals surface area contributed by atoms with Gasteiger partial charge in [0.15, 0.2) is 0 Å². The summed E-state index contributed by atoms with van der Waals surface area (Å²) >= 11 is 0. The maximum absolute atomic E-state index is 13.0. The molecule has 1 amide bonds. The van der Waals surface area contributed by atoms with Crippen LogP contribution in [0.3, 0.4) is 0 Å². The minimum Gasteiger partial charge on any atom is -0.404 e. The Morgan fingerprint density at radius 1 is 1.19 bits per heavy atom. The van der Waals surface area contributed by atoms with E-state index in [1.165, 1.54) is 12.1 Å². The maximum Gasteiger partial charge on any atom is 0.573 e. The van der Waals surface area contributed by atoms with Gasteiger partial charge in [0.05, 0.1) is 11.3 Å². The molecule has 2 aromatic carbocycles. The van der Waals surface area contributed by atoms with Gasteiger partial charge in [0.2, 0.25) is 5.91 Å². The van der Waals surface area contributed by atoms with Crippen molar-refractivity contribution in [2.75, 3.05) is 5.32 Å². The Bertz CT molecular complexity index is 837. The number of carbonyl (C=O) groups is 1. The Morgan fingerprint density at radius 3 is 2.26 bits per heavy atom. The molecule has 0 spiro atoms. The average molecular weight is 402 g/mol. The van der Waals surface area contributed by atoms with Crippen molar-refractivity contribution in [2.45, 2.75) is 26.6 Å². The first kappa shape index (κ1) is 22.3. The lowest BCUT2D eigenvalue weighted by Crippen LogP contribution is -2.22. The van der Waals surface area contributed by atoms with E-state index in [-0.39, 0.29) is 41.5 Å². The lowest BCUT2D eigenvalue weighted by atomic mass is 9.97. The van der Waals surface area contributed by atoms with Crippen LogP contribution >= 0.6 is 12.4 Å². The standard InChI is InChI=1S/C18H18F3N3O2.ClH/c1-3-14(25)24-13-9-8-12(17(22)23)16(26-18(19,20)21)15(13)11-6-4-10(2)5-7-11;/h4-9H,3H2,1-2H3,(H3,22,23)(H,24,25);1H. The van der Waals surface area contributed by atoms with Gasteiger partial charge in [-0.2, -0.15) is 0 Å². The van der Waals surface area contributed by atoms with Crippen molar-refractivity contribution < 1.29 is 22.7 Å². The van der Waals surface area contributed by atoms with Crippen molar-refractivity contribution in [3.63, 3.8) is 0 Å². The van der Waals surface area contributed by atoms with Gasteiger partial charge in [-0.1, -0.05) is 36.8 Å². The molecular weight excluding hydrogens is 383 g/mol. The number of amidine groups is 1. The third-order valence-electron chi connectivity index (χ3n) is 3.60. The normalized spacial score (nSPS) is 10.7. The second-order valence-corrected chi connectivity index (χ2v) is 5.59. The van der Waals surface area contributed by atoms with E-state index >= 15 is 0 Å². The van der Waals surface area contributed by atoms with Crippen LogP contribution in [0, 0.1) is 12.3 Å². The first-order valence-corrected chi connectivity index (χ1v) is 7.76. The molecule has 0 aliphatic carbocycles. The number of benzene rings is 2. The summed E-state index contributed by atoms with van der Waals surface area (Å²) < 4.78 is 43.1. The molecule has 2 rings (SSSR count). The Kier molecular flexibility index (Phi) is 7.24. The number of carbonyl (C=O) groups excluding carboxylic acids is 1. The molecule has 0 aromatic heterocycles. The molecule has 0 saturated heterocycles. The Balaban J connectivity index is 0.00000364. The van der Waals surface area contributed by atoms with Crippen LogP contribution in [0.5, 0.6) is 5.75 Å². The van der Waals surface area contributed by atoms with Crippen LogP contribution in [-0.4, -0.2) is 18.1 Å². The summed E-state index contributed by atoms with van der Waals surface area (Å²) in [4.78, 5) is 11.8. The minimum absolute atomic E-state index is 0. The van der Waals surface area contributed by atoms with Crippen molar-refractivity contribution >= 4 is 29.8 Å². The zero-order valence-corrected chi connectivity index (χ0v) is 15.4. The molecule has 146 valence electrons. The van der Waals surface area contributed by atoms with E-state index in [0.717, 1.165) is 5.56 Å². The van der Waals surface area contributed by atoms with Gasteiger partial charge in [-0.25, -0.2) is 0 Å². The molecule has 0 saturated carbocycles. The van der Waals surface area contributed by atoms with E-state index in [2.05, 4.69) is 10.1 Å². The topological polar surface area (TPSA) is 88.2 Å². The number of aryl methyl sites for hydroxylation is 1. The SMILES string of the molecule is CCC(=O)Nc1ccc(C(=N)N)c(OC(F)(F)F)c1-c1ccc(C)cc1.Cl. The molecule has 0 radical (unpaired) electrons. The van der Waals surface area contributed by atoms with Crippen LogP contribution in [0.25, 0.3) is 11.1 Å². The second kappa shape index (κ2) is 8.77. The number of hydrogen-bond donors (Lipinski definition) is 3. The van der Waals surface area contributed by atoms with E-state index < -0.39 is 17.9 Å². The first-order chi connectivity index (χ1) is 12.1. The van der Waals surface area contributed by atoms with Crippen LogP contribution < -0.4 is 15.8 Å². The van der Waals surface area contributed by atoms with Crippen LogP contribution in [-0.2, 0) is 4.79 Å². The summed E-state index contributed by atoms with van der Waals surface area (Å²) in [6.45, 7) is 3.46. The molecule has 0 aliphatic rings. The molecule has 0 fully saturated rings. The zero-order valence-electron chi connectivity index (χ0n) is 14.6. The van der Waals surface area contributed by atoms with Gasteiger partial charge in [-0.05, 0) is 24.6 Å². The van der Waals surface area contributed by atoms with Crippen molar-refractivity contribution in [3.8, 4) is 16.9 Å². The summed E-state index contributed by atoms with van der Waals surface area (Å²) in [6, 6.07) is 9.28. The quantitative estimate of drug-likeness (QED) is 0.504. The summed E-state index contributed by atoms with van der Waals surface area (Å²) in [5.41, 5.74) is 6.67. The van der Waals surface area contributed by atoms with Crippen molar-refractivity contribution in [1.82, 2.24) is 0 Å². The van der Waals surface area contributed by atoms with Gasteiger partial charge in [-0.3, -0.25) is 10.2 Å². The fourth-order valence-corrected chi connectivity index (χ4v) is 2.37. The molecule has 0 atom stereocenters. The highest BCUT2D eigenvalue weighted by molar-refractivity contribution is 6.04. The molecule has 27 heavy (non-hydrogen) atoms. The predicted molar refractivity (Wildman–Crippen MR) is 100 cm³/mol. The average Bonchev–Trinajstić information content (AvgIpc) is 2.54. The smallest absolute Gasteiger partial charge is 0.404 e. The molecule has 0 aliphatic heterocycles. The van der Waals surface area contributed by atoms with Crippen molar-refractivity contribution in [3.05, 3.63) is 47.5 Å². The van der Waals surface area contributed by atoms with Gasteiger partial charge in [0.1, 0.15) is 11.6 Å². The van der Waals surface area contributed by atoms with E-state index in [0.29, 0.717) is 5.56 Å².